The summed E-state index contributed by atoms with van der Waals surface area (Å²) in [6.07, 6.45) is 0. The Morgan fingerprint density at radius 3 is 2.55 bits per heavy atom. The SMILES string of the molecule is Cc1ccc2nc(CCl)n(Cc3ccc(Br)cc3)c2n1. The van der Waals surface area contributed by atoms with Gasteiger partial charge in [0.1, 0.15) is 11.3 Å². The molecule has 102 valence electrons. The average Bonchev–Trinajstić information content (AvgIpc) is 2.79. The van der Waals surface area contributed by atoms with Crippen LogP contribution in [0.4, 0.5) is 0 Å². The number of rotatable bonds is 3. The van der Waals surface area contributed by atoms with Gasteiger partial charge in [-0.25, -0.2) is 9.97 Å². The van der Waals surface area contributed by atoms with Crippen LogP contribution in [0.5, 0.6) is 0 Å². The molecule has 3 aromatic rings. The van der Waals surface area contributed by atoms with Crippen LogP contribution in [-0.4, -0.2) is 14.5 Å². The van der Waals surface area contributed by atoms with Gasteiger partial charge in [0, 0.05) is 10.2 Å². The number of hydrogen-bond donors (Lipinski definition) is 0. The van der Waals surface area contributed by atoms with Gasteiger partial charge in [0.2, 0.25) is 0 Å². The van der Waals surface area contributed by atoms with Gasteiger partial charge in [0.05, 0.1) is 12.4 Å². The van der Waals surface area contributed by atoms with Crippen molar-refractivity contribution in [2.45, 2.75) is 19.3 Å². The molecule has 0 bridgehead atoms. The lowest BCUT2D eigenvalue weighted by molar-refractivity contribution is 0.769. The number of benzene rings is 1. The number of imidazole rings is 1. The summed E-state index contributed by atoms with van der Waals surface area (Å²) in [5.41, 5.74) is 3.96. The van der Waals surface area contributed by atoms with E-state index in [0.717, 1.165) is 33.7 Å². The number of aryl methyl sites for hydroxylation is 1. The third-order valence-electron chi connectivity index (χ3n) is 3.18. The molecule has 20 heavy (non-hydrogen) atoms. The molecule has 1 aromatic carbocycles. The lowest BCUT2D eigenvalue weighted by Gasteiger charge is -2.07. The van der Waals surface area contributed by atoms with Crippen molar-refractivity contribution < 1.29 is 0 Å². The highest BCUT2D eigenvalue weighted by molar-refractivity contribution is 9.10. The highest BCUT2D eigenvalue weighted by Gasteiger charge is 2.11. The zero-order valence-electron chi connectivity index (χ0n) is 11.0. The first-order valence-electron chi connectivity index (χ1n) is 6.30. The summed E-state index contributed by atoms with van der Waals surface area (Å²) in [7, 11) is 0. The number of fused-ring (bicyclic) bond motifs is 1. The highest BCUT2D eigenvalue weighted by Crippen LogP contribution is 2.19. The van der Waals surface area contributed by atoms with Crippen LogP contribution in [0, 0.1) is 6.92 Å². The summed E-state index contributed by atoms with van der Waals surface area (Å²) in [6, 6.07) is 12.2. The standard InChI is InChI=1S/C15H13BrClN3/c1-10-2-7-13-15(18-10)20(14(8-17)19-13)9-11-3-5-12(16)6-4-11/h2-7H,8-9H2,1H3. The molecule has 0 atom stereocenters. The molecule has 3 rings (SSSR count). The molecule has 2 aromatic heterocycles. The minimum atomic E-state index is 0.381. The zero-order valence-corrected chi connectivity index (χ0v) is 13.3. The van der Waals surface area contributed by atoms with E-state index in [1.165, 1.54) is 5.56 Å². The van der Waals surface area contributed by atoms with Crippen LogP contribution in [0.15, 0.2) is 40.9 Å². The molecule has 0 saturated heterocycles. The van der Waals surface area contributed by atoms with Crippen LogP contribution in [-0.2, 0) is 12.4 Å². The van der Waals surface area contributed by atoms with Gasteiger partial charge < -0.3 is 4.57 Å². The van der Waals surface area contributed by atoms with E-state index < -0.39 is 0 Å². The molecule has 2 heterocycles. The molecule has 0 N–H and O–H groups in total. The predicted octanol–water partition coefficient (Wildman–Crippen LogP) is 4.29. The minimum Gasteiger partial charge on any atom is -0.307 e. The van der Waals surface area contributed by atoms with E-state index in [0.29, 0.717) is 5.88 Å². The van der Waals surface area contributed by atoms with Crippen molar-refractivity contribution in [3.05, 3.63) is 58.0 Å². The summed E-state index contributed by atoms with van der Waals surface area (Å²) in [6.45, 7) is 2.71. The number of alkyl halides is 1. The summed E-state index contributed by atoms with van der Waals surface area (Å²) >= 11 is 9.46. The molecule has 5 heteroatoms. The Bertz CT molecular complexity index is 750. The third kappa shape index (κ3) is 2.58. The fourth-order valence-corrected chi connectivity index (χ4v) is 2.65. The average molecular weight is 351 g/mol. The molecule has 0 aliphatic rings. The van der Waals surface area contributed by atoms with Crippen molar-refractivity contribution in [1.82, 2.24) is 14.5 Å². The molecule has 0 aliphatic carbocycles. The monoisotopic (exact) mass is 349 g/mol. The van der Waals surface area contributed by atoms with Crippen LogP contribution >= 0.6 is 27.5 Å². The lowest BCUT2D eigenvalue weighted by atomic mass is 10.2. The van der Waals surface area contributed by atoms with Gasteiger partial charge in [-0.2, -0.15) is 0 Å². The number of nitrogens with zero attached hydrogens (tertiary/aromatic N) is 3. The van der Waals surface area contributed by atoms with Gasteiger partial charge in [0.15, 0.2) is 5.65 Å². The van der Waals surface area contributed by atoms with E-state index in [4.69, 9.17) is 11.6 Å². The van der Waals surface area contributed by atoms with Crippen molar-refractivity contribution in [3.8, 4) is 0 Å². The van der Waals surface area contributed by atoms with E-state index in [1.807, 2.05) is 31.2 Å². The Morgan fingerprint density at radius 1 is 1.10 bits per heavy atom. The molecular weight excluding hydrogens is 338 g/mol. The molecule has 0 fully saturated rings. The molecule has 0 radical (unpaired) electrons. The Kier molecular flexibility index (Phi) is 3.76. The quantitative estimate of drug-likeness (QED) is 0.660. The molecule has 3 nitrogen and oxygen atoms in total. The van der Waals surface area contributed by atoms with Crippen LogP contribution in [0.3, 0.4) is 0 Å². The second kappa shape index (κ2) is 5.54. The first-order chi connectivity index (χ1) is 9.67. The summed E-state index contributed by atoms with van der Waals surface area (Å²) < 4.78 is 3.15. The third-order valence-corrected chi connectivity index (χ3v) is 3.95. The van der Waals surface area contributed by atoms with Gasteiger partial charge in [-0.3, -0.25) is 0 Å². The molecule has 0 unspecified atom stereocenters. The largest absolute Gasteiger partial charge is 0.307 e. The summed E-state index contributed by atoms with van der Waals surface area (Å²) in [4.78, 5) is 9.14. The van der Waals surface area contributed by atoms with E-state index >= 15 is 0 Å². The smallest absolute Gasteiger partial charge is 0.160 e. The molecule has 0 aliphatic heterocycles. The van der Waals surface area contributed by atoms with Gasteiger partial charge in [-0.15, -0.1) is 11.6 Å². The minimum absolute atomic E-state index is 0.381. The fraction of sp³-hybridized carbons (Fsp3) is 0.200. The maximum absolute atomic E-state index is 6.02. The number of aromatic nitrogens is 3. The summed E-state index contributed by atoms with van der Waals surface area (Å²) in [5, 5.41) is 0. The van der Waals surface area contributed by atoms with E-state index in [1.54, 1.807) is 0 Å². The molecule has 0 saturated carbocycles. The predicted molar refractivity (Wildman–Crippen MR) is 85.1 cm³/mol. The second-order valence-electron chi connectivity index (χ2n) is 4.67. The van der Waals surface area contributed by atoms with Crippen LogP contribution in [0.1, 0.15) is 17.1 Å². The van der Waals surface area contributed by atoms with Crippen molar-refractivity contribution in [3.63, 3.8) is 0 Å². The number of hydrogen-bond acceptors (Lipinski definition) is 2. The Balaban J connectivity index is 2.08. The molecular formula is C15H13BrClN3. The van der Waals surface area contributed by atoms with Crippen LogP contribution < -0.4 is 0 Å². The van der Waals surface area contributed by atoms with Crippen molar-refractivity contribution >= 4 is 38.7 Å². The molecule has 0 amide bonds. The van der Waals surface area contributed by atoms with Crippen molar-refractivity contribution in [2.75, 3.05) is 0 Å². The normalized spacial score (nSPS) is 11.2. The zero-order chi connectivity index (χ0) is 14.1. The summed E-state index contributed by atoms with van der Waals surface area (Å²) in [5.74, 6) is 1.23. The fourth-order valence-electron chi connectivity index (χ4n) is 2.18. The van der Waals surface area contributed by atoms with Gasteiger partial charge >= 0.3 is 0 Å². The van der Waals surface area contributed by atoms with Crippen LogP contribution in [0.25, 0.3) is 11.2 Å². The Hall–Kier alpha value is -1.39. The highest BCUT2D eigenvalue weighted by atomic mass is 79.9. The van der Waals surface area contributed by atoms with E-state index in [-0.39, 0.29) is 0 Å². The van der Waals surface area contributed by atoms with Crippen molar-refractivity contribution in [2.24, 2.45) is 0 Å². The number of pyridine rings is 1. The second-order valence-corrected chi connectivity index (χ2v) is 5.85. The van der Waals surface area contributed by atoms with Gasteiger partial charge in [0.25, 0.3) is 0 Å². The van der Waals surface area contributed by atoms with E-state index in [9.17, 15) is 0 Å². The van der Waals surface area contributed by atoms with Gasteiger partial charge in [-0.05, 0) is 36.8 Å². The van der Waals surface area contributed by atoms with E-state index in [2.05, 4.69) is 42.6 Å². The van der Waals surface area contributed by atoms with Gasteiger partial charge in [-0.1, -0.05) is 28.1 Å². The van der Waals surface area contributed by atoms with Crippen molar-refractivity contribution in [1.29, 1.82) is 0 Å². The lowest BCUT2D eigenvalue weighted by Crippen LogP contribution is -2.05. The maximum Gasteiger partial charge on any atom is 0.160 e. The maximum atomic E-state index is 6.02. The Labute approximate surface area is 130 Å². The first-order valence-corrected chi connectivity index (χ1v) is 7.63. The first kappa shape index (κ1) is 13.6. The molecule has 0 spiro atoms. The number of halogens is 2. The topological polar surface area (TPSA) is 30.7 Å². The van der Waals surface area contributed by atoms with Crippen LogP contribution in [0.2, 0.25) is 0 Å². The Morgan fingerprint density at radius 2 is 1.85 bits per heavy atom.